The summed E-state index contributed by atoms with van der Waals surface area (Å²) in [6.45, 7) is 1.84. The maximum Gasteiger partial charge on any atom is 0.255 e. The van der Waals surface area contributed by atoms with Crippen molar-refractivity contribution in [2.45, 2.75) is 38.5 Å². The zero-order valence-electron chi connectivity index (χ0n) is 16.4. The highest BCUT2D eigenvalue weighted by molar-refractivity contribution is 6.05. The van der Waals surface area contributed by atoms with Crippen molar-refractivity contribution in [2.75, 3.05) is 12.8 Å². The number of nitrogens with one attached hydrogen (secondary N) is 1. The number of anilines is 1. The third-order valence-electron chi connectivity index (χ3n) is 5.54. The molecule has 2 heterocycles. The van der Waals surface area contributed by atoms with E-state index in [1.54, 1.807) is 4.90 Å². The molecule has 7 heteroatoms. The summed E-state index contributed by atoms with van der Waals surface area (Å²) in [5.41, 5.74) is 10.5. The normalized spacial score (nSPS) is 18.9. The minimum absolute atomic E-state index is 0.147. The predicted molar refractivity (Wildman–Crippen MR) is 109 cm³/mol. The lowest BCUT2D eigenvalue weighted by molar-refractivity contribution is -0.136. The standard InChI is InChI=1S/C22H24N4O3/c1-25(12-15-4-2-3-5-18(15)23)11-14-6-7-17-16(10-14)13-26(22(17)29)19-8-9-20(27)24-21(19)28/h2-7,10,19H,8-9,11-13,23H2,1H3,(H,24,27,28). The molecule has 3 N–H and O–H groups in total. The summed E-state index contributed by atoms with van der Waals surface area (Å²) < 4.78 is 0. The molecule has 0 aromatic heterocycles. The molecule has 0 spiro atoms. The van der Waals surface area contributed by atoms with Crippen molar-refractivity contribution in [3.05, 3.63) is 64.7 Å². The number of hydrogen-bond donors (Lipinski definition) is 2. The molecule has 2 aliphatic rings. The zero-order valence-corrected chi connectivity index (χ0v) is 16.4. The molecule has 150 valence electrons. The van der Waals surface area contributed by atoms with Crippen molar-refractivity contribution in [2.24, 2.45) is 0 Å². The number of fused-ring (bicyclic) bond motifs is 1. The van der Waals surface area contributed by atoms with Crippen LogP contribution in [0.3, 0.4) is 0 Å². The fourth-order valence-electron chi connectivity index (χ4n) is 4.06. The molecule has 1 fully saturated rings. The molecule has 4 rings (SSSR count). The van der Waals surface area contributed by atoms with Gasteiger partial charge in [-0.3, -0.25) is 24.6 Å². The molecule has 1 unspecified atom stereocenters. The molecule has 2 aliphatic heterocycles. The van der Waals surface area contributed by atoms with Gasteiger partial charge in [0.25, 0.3) is 5.91 Å². The van der Waals surface area contributed by atoms with Gasteiger partial charge in [0.2, 0.25) is 11.8 Å². The second-order valence-corrected chi connectivity index (χ2v) is 7.76. The lowest BCUT2D eigenvalue weighted by Crippen LogP contribution is -2.52. The Balaban J connectivity index is 1.45. The average Bonchev–Trinajstić information content (AvgIpc) is 2.99. The Morgan fingerprint density at radius 3 is 2.69 bits per heavy atom. The Hall–Kier alpha value is -3.19. The third kappa shape index (κ3) is 3.86. The van der Waals surface area contributed by atoms with E-state index in [9.17, 15) is 14.4 Å². The highest BCUT2D eigenvalue weighted by atomic mass is 16.2. The van der Waals surface area contributed by atoms with Crippen LogP contribution in [-0.2, 0) is 29.2 Å². The molecular formula is C22H24N4O3. The third-order valence-corrected chi connectivity index (χ3v) is 5.54. The number of carbonyl (C=O) groups is 3. The SMILES string of the molecule is CN(Cc1ccc2c(c1)CN(C1CCC(=O)NC1=O)C2=O)Cc1ccccc1N. The van der Waals surface area contributed by atoms with Crippen LogP contribution in [0.4, 0.5) is 5.69 Å². The van der Waals surface area contributed by atoms with E-state index in [0.717, 1.165) is 28.9 Å². The van der Waals surface area contributed by atoms with Crippen molar-refractivity contribution < 1.29 is 14.4 Å². The molecule has 1 saturated heterocycles. The van der Waals surface area contributed by atoms with Gasteiger partial charge in [-0.2, -0.15) is 0 Å². The fourth-order valence-corrected chi connectivity index (χ4v) is 4.06. The van der Waals surface area contributed by atoms with E-state index >= 15 is 0 Å². The Kier molecular flexibility index (Phi) is 5.07. The van der Waals surface area contributed by atoms with Crippen molar-refractivity contribution in [3.8, 4) is 0 Å². The molecule has 7 nitrogen and oxygen atoms in total. The number of nitrogen functional groups attached to an aromatic ring is 1. The Bertz CT molecular complexity index is 988. The monoisotopic (exact) mass is 392 g/mol. The average molecular weight is 392 g/mol. The molecular weight excluding hydrogens is 368 g/mol. The van der Waals surface area contributed by atoms with E-state index in [2.05, 4.69) is 10.2 Å². The number of piperidine rings is 1. The molecule has 0 aliphatic carbocycles. The van der Waals surface area contributed by atoms with Crippen molar-refractivity contribution in [1.29, 1.82) is 0 Å². The first-order chi connectivity index (χ1) is 13.9. The molecule has 0 saturated carbocycles. The van der Waals surface area contributed by atoms with Gasteiger partial charge in [-0.15, -0.1) is 0 Å². The number of para-hydroxylation sites is 1. The highest BCUT2D eigenvalue weighted by Gasteiger charge is 2.39. The van der Waals surface area contributed by atoms with E-state index in [4.69, 9.17) is 5.73 Å². The number of carbonyl (C=O) groups excluding carboxylic acids is 3. The number of benzene rings is 2. The van der Waals surface area contributed by atoms with Gasteiger partial charge in [-0.25, -0.2) is 0 Å². The minimum atomic E-state index is -0.584. The molecule has 3 amide bonds. The summed E-state index contributed by atoms with van der Waals surface area (Å²) in [5, 5.41) is 2.33. The Morgan fingerprint density at radius 2 is 1.93 bits per heavy atom. The van der Waals surface area contributed by atoms with Crippen molar-refractivity contribution in [1.82, 2.24) is 15.1 Å². The van der Waals surface area contributed by atoms with Crippen molar-refractivity contribution in [3.63, 3.8) is 0 Å². The number of amides is 3. The Morgan fingerprint density at radius 1 is 1.14 bits per heavy atom. The van der Waals surface area contributed by atoms with E-state index in [-0.39, 0.29) is 24.1 Å². The smallest absolute Gasteiger partial charge is 0.255 e. The first-order valence-corrected chi connectivity index (χ1v) is 9.71. The predicted octanol–water partition coefficient (Wildman–Crippen LogP) is 1.66. The van der Waals surface area contributed by atoms with Crippen LogP contribution in [0, 0.1) is 0 Å². The summed E-state index contributed by atoms with van der Waals surface area (Å²) in [6.07, 6.45) is 0.633. The van der Waals surface area contributed by atoms with Gasteiger partial charge < -0.3 is 10.6 Å². The second-order valence-electron chi connectivity index (χ2n) is 7.76. The quantitative estimate of drug-likeness (QED) is 0.596. The number of imide groups is 1. The maximum atomic E-state index is 12.8. The van der Waals surface area contributed by atoms with Gasteiger partial charge in [-0.1, -0.05) is 30.3 Å². The van der Waals surface area contributed by atoms with Gasteiger partial charge in [0, 0.05) is 37.3 Å². The summed E-state index contributed by atoms with van der Waals surface area (Å²) >= 11 is 0. The number of nitrogens with zero attached hydrogens (tertiary/aromatic N) is 2. The van der Waals surface area contributed by atoms with Crippen LogP contribution in [0.2, 0.25) is 0 Å². The lowest BCUT2D eigenvalue weighted by Gasteiger charge is -2.29. The fraction of sp³-hybridized carbons (Fsp3) is 0.318. The lowest BCUT2D eigenvalue weighted by atomic mass is 10.0. The van der Waals surface area contributed by atoms with Gasteiger partial charge >= 0.3 is 0 Å². The van der Waals surface area contributed by atoms with Crippen LogP contribution < -0.4 is 11.1 Å². The van der Waals surface area contributed by atoms with Crippen LogP contribution in [0.15, 0.2) is 42.5 Å². The zero-order chi connectivity index (χ0) is 20.5. The number of rotatable bonds is 5. The van der Waals surface area contributed by atoms with E-state index in [1.165, 1.54) is 0 Å². The van der Waals surface area contributed by atoms with Crippen LogP contribution in [0.25, 0.3) is 0 Å². The Labute approximate surface area is 169 Å². The summed E-state index contributed by atoms with van der Waals surface area (Å²) in [5.74, 6) is -0.811. The van der Waals surface area contributed by atoms with E-state index < -0.39 is 6.04 Å². The van der Waals surface area contributed by atoms with Crippen LogP contribution in [0.5, 0.6) is 0 Å². The molecule has 2 aromatic rings. The molecule has 0 radical (unpaired) electrons. The van der Waals surface area contributed by atoms with Gasteiger partial charge in [0.1, 0.15) is 6.04 Å². The van der Waals surface area contributed by atoms with Crippen LogP contribution >= 0.6 is 0 Å². The van der Waals surface area contributed by atoms with Gasteiger partial charge in [0.15, 0.2) is 0 Å². The van der Waals surface area contributed by atoms with Gasteiger partial charge in [0.05, 0.1) is 0 Å². The number of hydrogen-bond acceptors (Lipinski definition) is 5. The maximum absolute atomic E-state index is 12.8. The first kappa shape index (κ1) is 19.1. The van der Waals surface area contributed by atoms with Crippen LogP contribution in [0.1, 0.15) is 39.9 Å². The summed E-state index contributed by atoms with van der Waals surface area (Å²) in [4.78, 5) is 40.1. The largest absolute Gasteiger partial charge is 0.398 e. The molecule has 1 atom stereocenters. The van der Waals surface area contributed by atoms with E-state index in [0.29, 0.717) is 25.1 Å². The summed E-state index contributed by atoms with van der Waals surface area (Å²) in [6, 6.07) is 13.1. The number of nitrogens with two attached hydrogens (primary N) is 1. The molecule has 0 bridgehead atoms. The molecule has 2 aromatic carbocycles. The minimum Gasteiger partial charge on any atom is -0.398 e. The van der Waals surface area contributed by atoms with E-state index in [1.807, 2.05) is 49.5 Å². The van der Waals surface area contributed by atoms with Gasteiger partial charge in [-0.05, 0) is 42.3 Å². The second kappa shape index (κ2) is 7.67. The molecule has 29 heavy (non-hydrogen) atoms. The highest BCUT2D eigenvalue weighted by Crippen LogP contribution is 2.28. The topological polar surface area (TPSA) is 95.7 Å². The first-order valence-electron chi connectivity index (χ1n) is 9.71. The summed E-state index contributed by atoms with van der Waals surface area (Å²) in [7, 11) is 2.03. The van der Waals surface area contributed by atoms with Crippen LogP contribution in [-0.4, -0.2) is 40.6 Å². The van der Waals surface area contributed by atoms with Crippen molar-refractivity contribution >= 4 is 23.4 Å².